The monoisotopic (exact) mass is 349 g/mol. The standard InChI is InChI=1S/C19H28FN3O2/c1-4-11-22(12-5-2)18(24)14-21(3)17-10-13-23(19(17)25)16-9-7-6-8-15(16)20/h6-9,17H,4-5,10-14H2,1-3H3. The third kappa shape index (κ3) is 4.57. The van der Waals surface area contributed by atoms with Crippen LogP contribution in [0.15, 0.2) is 24.3 Å². The summed E-state index contributed by atoms with van der Waals surface area (Å²) in [5, 5.41) is 0. The zero-order valence-electron chi connectivity index (χ0n) is 15.4. The summed E-state index contributed by atoms with van der Waals surface area (Å²) < 4.78 is 14.0. The van der Waals surface area contributed by atoms with E-state index in [4.69, 9.17) is 0 Å². The van der Waals surface area contributed by atoms with E-state index < -0.39 is 5.82 Å². The summed E-state index contributed by atoms with van der Waals surface area (Å²) in [6.07, 6.45) is 2.43. The lowest BCUT2D eigenvalue weighted by Crippen LogP contribution is -2.46. The van der Waals surface area contributed by atoms with Crippen LogP contribution in [-0.4, -0.2) is 60.9 Å². The number of carbonyl (C=O) groups is 2. The van der Waals surface area contributed by atoms with Crippen molar-refractivity contribution in [1.82, 2.24) is 9.80 Å². The van der Waals surface area contributed by atoms with Crippen molar-refractivity contribution in [3.05, 3.63) is 30.1 Å². The normalized spacial score (nSPS) is 17.4. The number of rotatable bonds is 8. The highest BCUT2D eigenvalue weighted by Crippen LogP contribution is 2.26. The molecule has 1 aromatic carbocycles. The molecule has 1 aliphatic heterocycles. The van der Waals surface area contributed by atoms with E-state index in [1.165, 1.54) is 11.0 Å². The summed E-state index contributed by atoms with van der Waals surface area (Å²) in [5.41, 5.74) is 0.313. The molecule has 2 amide bonds. The maximum atomic E-state index is 14.0. The summed E-state index contributed by atoms with van der Waals surface area (Å²) in [6.45, 7) is 6.25. The Morgan fingerprint density at radius 1 is 1.24 bits per heavy atom. The second kappa shape index (κ2) is 8.94. The fourth-order valence-electron chi connectivity index (χ4n) is 3.31. The van der Waals surface area contributed by atoms with Crippen LogP contribution in [0.5, 0.6) is 0 Å². The molecule has 0 bridgehead atoms. The number of amides is 2. The Morgan fingerprint density at radius 2 is 1.88 bits per heavy atom. The third-order valence-corrected chi connectivity index (χ3v) is 4.58. The average molecular weight is 349 g/mol. The highest BCUT2D eigenvalue weighted by atomic mass is 19.1. The van der Waals surface area contributed by atoms with Gasteiger partial charge >= 0.3 is 0 Å². The summed E-state index contributed by atoms with van der Waals surface area (Å²) in [4.78, 5) is 30.3. The molecule has 0 radical (unpaired) electrons. The Balaban J connectivity index is 2.01. The highest BCUT2D eigenvalue weighted by molar-refractivity contribution is 5.99. The van der Waals surface area contributed by atoms with Gasteiger partial charge in [-0.1, -0.05) is 26.0 Å². The smallest absolute Gasteiger partial charge is 0.244 e. The summed E-state index contributed by atoms with van der Waals surface area (Å²) >= 11 is 0. The molecule has 5 nitrogen and oxygen atoms in total. The van der Waals surface area contributed by atoms with E-state index in [-0.39, 0.29) is 24.4 Å². The van der Waals surface area contributed by atoms with Gasteiger partial charge in [-0.3, -0.25) is 14.5 Å². The van der Waals surface area contributed by atoms with Crippen molar-refractivity contribution < 1.29 is 14.0 Å². The van der Waals surface area contributed by atoms with Gasteiger partial charge in [0.15, 0.2) is 0 Å². The van der Waals surface area contributed by atoms with Crippen LogP contribution in [0.25, 0.3) is 0 Å². The number of anilines is 1. The van der Waals surface area contributed by atoms with Crippen LogP contribution in [-0.2, 0) is 9.59 Å². The first-order chi connectivity index (χ1) is 12.0. The van der Waals surface area contributed by atoms with Gasteiger partial charge in [0.1, 0.15) is 5.82 Å². The second-order valence-electron chi connectivity index (χ2n) is 6.54. The zero-order chi connectivity index (χ0) is 18.4. The molecule has 0 spiro atoms. The Hall–Kier alpha value is -1.95. The predicted molar refractivity (Wildman–Crippen MR) is 97.0 cm³/mol. The topological polar surface area (TPSA) is 43.9 Å². The van der Waals surface area contributed by atoms with Gasteiger partial charge < -0.3 is 9.80 Å². The number of para-hydroxylation sites is 1. The molecular weight excluding hydrogens is 321 g/mol. The van der Waals surface area contributed by atoms with E-state index in [1.807, 2.05) is 18.7 Å². The largest absolute Gasteiger partial charge is 0.342 e. The van der Waals surface area contributed by atoms with Gasteiger partial charge in [0.05, 0.1) is 18.3 Å². The van der Waals surface area contributed by atoms with Crippen LogP contribution >= 0.6 is 0 Å². The second-order valence-corrected chi connectivity index (χ2v) is 6.54. The van der Waals surface area contributed by atoms with E-state index in [9.17, 15) is 14.0 Å². The number of carbonyl (C=O) groups excluding carboxylic acids is 2. The van der Waals surface area contributed by atoms with Crippen molar-refractivity contribution >= 4 is 17.5 Å². The van der Waals surface area contributed by atoms with Crippen molar-refractivity contribution in [2.75, 3.05) is 38.1 Å². The number of likely N-dealkylation sites (N-methyl/N-ethyl adjacent to an activating group) is 1. The Bertz CT molecular complexity index is 602. The molecule has 1 heterocycles. The van der Waals surface area contributed by atoms with E-state index >= 15 is 0 Å². The number of hydrogen-bond acceptors (Lipinski definition) is 3. The van der Waals surface area contributed by atoms with Gasteiger partial charge in [0.25, 0.3) is 0 Å². The van der Waals surface area contributed by atoms with Crippen LogP contribution in [0.4, 0.5) is 10.1 Å². The van der Waals surface area contributed by atoms with Crippen molar-refractivity contribution in [1.29, 1.82) is 0 Å². The lowest BCUT2D eigenvalue weighted by Gasteiger charge is -2.27. The average Bonchev–Trinajstić information content (AvgIpc) is 2.96. The SMILES string of the molecule is CCCN(CCC)C(=O)CN(C)C1CCN(c2ccccc2F)C1=O. The molecule has 1 atom stereocenters. The number of hydrogen-bond donors (Lipinski definition) is 0. The van der Waals surface area contributed by atoms with Crippen LogP contribution < -0.4 is 4.90 Å². The van der Waals surface area contributed by atoms with Crippen molar-refractivity contribution in [3.8, 4) is 0 Å². The molecule has 1 aromatic rings. The maximum Gasteiger partial charge on any atom is 0.244 e. The molecule has 138 valence electrons. The third-order valence-electron chi connectivity index (χ3n) is 4.58. The molecule has 0 saturated carbocycles. The van der Waals surface area contributed by atoms with Crippen LogP contribution in [0.2, 0.25) is 0 Å². The Kier molecular flexibility index (Phi) is 6.93. The fourth-order valence-corrected chi connectivity index (χ4v) is 3.31. The van der Waals surface area contributed by atoms with Gasteiger partial charge in [0.2, 0.25) is 11.8 Å². The first-order valence-electron chi connectivity index (χ1n) is 9.03. The molecule has 1 aliphatic rings. The fraction of sp³-hybridized carbons (Fsp3) is 0.579. The van der Waals surface area contributed by atoms with E-state index in [0.29, 0.717) is 18.7 Å². The first-order valence-corrected chi connectivity index (χ1v) is 9.03. The highest BCUT2D eigenvalue weighted by Gasteiger charge is 2.37. The van der Waals surface area contributed by atoms with Crippen molar-refractivity contribution in [2.45, 2.75) is 39.2 Å². The van der Waals surface area contributed by atoms with E-state index in [1.54, 1.807) is 30.1 Å². The van der Waals surface area contributed by atoms with Crippen molar-refractivity contribution in [2.24, 2.45) is 0 Å². The predicted octanol–water partition coefficient (Wildman–Crippen LogP) is 2.51. The quantitative estimate of drug-likeness (QED) is 0.724. The molecule has 0 aromatic heterocycles. The molecule has 1 saturated heterocycles. The lowest BCUT2D eigenvalue weighted by molar-refractivity contribution is -0.133. The molecule has 1 fully saturated rings. The first kappa shape index (κ1) is 19.4. The lowest BCUT2D eigenvalue weighted by atomic mass is 10.2. The van der Waals surface area contributed by atoms with Gasteiger partial charge in [-0.2, -0.15) is 0 Å². The molecule has 0 N–H and O–H groups in total. The van der Waals surface area contributed by atoms with Crippen LogP contribution in [0.3, 0.4) is 0 Å². The minimum atomic E-state index is -0.396. The van der Waals surface area contributed by atoms with Crippen LogP contribution in [0.1, 0.15) is 33.1 Å². The van der Waals surface area contributed by atoms with E-state index in [2.05, 4.69) is 0 Å². The number of benzene rings is 1. The molecule has 6 heteroatoms. The van der Waals surface area contributed by atoms with Gasteiger partial charge in [-0.25, -0.2) is 4.39 Å². The van der Waals surface area contributed by atoms with Gasteiger partial charge in [0, 0.05) is 19.6 Å². The minimum absolute atomic E-state index is 0.0448. The molecule has 25 heavy (non-hydrogen) atoms. The zero-order valence-corrected chi connectivity index (χ0v) is 15.4. The van der Waals surface area contributed by atoms with E-state index in [0.717, 1.165) is 25.9 Å². The summed E-state index contributed by atoms with van der Waals surface area (Å²) in [5.74, 6) is -0.492. The van der Waals surface area contributed by atoms with Gasteiger partial charge in [-0.05, 0) is 38.4 Å². The van der Waals surface area contributed by atoms with Crippen LogP contribution in [0, 0.1) is 5.82 Å². The van der Waals surface area contributed by atoms with Crippen molar-refractivity contribution in [3.63, 3.8) is 0 Å². The maximum absolute atomic E-state index is 14.0. The molecule has 2 rings (SSSR count). The summed E-state index contributed by atoms with van der Waals surface area (Å²) in [6, 6.07) is 5.92. The molecular formula is C19H28FN3O2. The summed E-state index contributed by atoms with van der Waals surface area (Å²) in [7, 11) is 1.79. The molecule has 0 aliphatic carbocycles. The Labute approximate surface area is 149 Å². The van der Waals surface area contributed by atoms with Gasteiger partial charge in [-0.15, -0.1) is 0 Å². The number of nitrogens with zero attached hydrogens (tertiary/aromatic N) is 3. The number of halogens is 1. The Morgan fingerprint density at radius 3 is 2.48 bits per heavy atom. The molecule has 1 unspecified atom stereocenters. The minimum Gasteiger partial charge on any atom is -0.342 e.